The predicted octanol–water partition coefficient (Wildman–Crippen LogP) is 8.02. The number of rotatable bonds is 24. The zero-order valence-electron chi connectivity index (χ0n) is 35.8. The normalized spacial score (nSPS) is 15.7. The molecule has 1 aliphatic rings. The lowest BCUT2D eigenvalue weighted by molar-refractivity contribution is -0.137. The van der Waals surface area contributed by atoms with Crippen molar-refractivity contribution in [3.05, 3.63) is 82.4 Å². The molecule has 0 saturated heterocycles. The monoisotopic (exact) mass is 879 g/mol. The van der Waals surface area contributed by atoms with E-state index in [-0.39, 0.29) is 31.7 Å². The lowest BCUT2D eigenvalue weighted by atomic mass is 9.90. The van der Waals surface area contributed by atoms with E-state index in [9.17, 15) is 26.7 Å². The number of carboxylic acid groups (broad SMARTS) is 1. The molecule has 58 heavy (non-hydrogen) atoms. The molecule has 0 aliphatic heterocycles. The molecule has 3 aromatic rings. The fourth-order valence-electron chi connectivity index (χ4n) is 6.96. The van der Waals surface area contributed by atoms with Crippen LogP contribution in [0.4, 0.5) is 0 Å². The Hall–Kier alpha value is -2.92. The average molecular weight is 880 g/mol. The molecule has 0 radical (unpaired) electrons. The van der Waals surface area contributed by atoms with E-state index in [0.717, 1.165) is 52.5 Å². The van der Waals surface area contributed by atoms with Crippen molar-refractivity contribution in [2.75, 3.05) is 75.6 Å². The van der Waals surface area contributed by atoms with Crippen molar-refractivity contribution in [3.63, 3.8) is 0 Å². The van der Waals surface area contributed by atoms with Crippen LogP contribution in [0.25, 0.3) is 11.1 Å². The fourth-order valence-corrected chi connectivity index (χ4v) is 10.5. The highest BCUT2D eigenvalue weighted by molar-refractivity contribution is 8.32. The predicted molar refractivity (Wildman–Crippen MR) is 240 cm³/mol. The van der Waals surface area contributed by atoms with Gasteiger partial charge in [0.1, 0.15) is 40.9 Å². The number of aliphatic carboxylic acids is 1. The molecular formula is C43H65NO10S3Si. The van der Waals surface area contributed by atoms with Crippen molar-refractivity contribution >= 4 is 43.9 Å². The maximum atomic E-state index is 13.9. The van der Waals surface area contributed by atoms with Gasteiger partial charge in [-0.2, -0.15) is 4.31 Å². The maximum absolute atomic E-state index is 13.9. The molecule has 0 aromatic heterocycles. The maximum Gasteiger partial charge on any atom is 0.303 e. The second-order valence-corrected chi connectivity index (χ2v) is 32.0. The van der Waals surface area contributed by atoms with Gasteiger partial charge in [-0.05, 0) is 121 Å². The van der Waals surface area contributed by atoms with Gasteiger partial charge in [-0.25, -0.2) is 26.9 Å². The molecule has 4 rings (SSSR count). The van der Waals surface area contributed by atoms with Gasteiger partial charge in [0.25, 0.3) is 0 Å². The Morgan fingerprint density at radius 2 is 1.50 bits per heavy atom. The first-order chi connectivity index (χ1) is 27.0. The van der Waals surface area contributed by atoms with E-state index >= 15 is 0 Å². The minimum Gasteiger partial charge on any atom is -0.494 e. The van der Waals surface area contributed by atoms with E-state index in [4.69, 9.17) is 18.9 Å². The Balaban J connectivity index is 1.47. The molecule has 0 heterocycles. The Morgan fingerprint density at radius 3 is 2.09 bits per heavy atom. The zero-order valence-corrected chi connectivity index (χ0v) is 39.3. The summed E-state index contributed by atoms with van der Waals surface area (Å²) in [5.41, 5.74) is 7.34. The molecule has 1 aliphatic carbocycles. The van der Waals surface area contributed by atoms with E-state index in [1.54, 1.807) is 24.3 Å². The third kappa shape index (κ3) is 15.3. The van der Waals surface area contributed by atoms with Crippen LogP contribution in [-0.4, -0.2) is 116 Å². The second kappa shape index (κ2) is 20.6. The van der Waals surface area contributed by atoms with Crippen molar-refractivity contribution in [2.45, 2.75) is 77.2 Å². The lowest BCUT2D eigenvalue weighted by Gasteiger charge is -2.27. The summed E-state index contributed by atoms with van der Waals surface area (Å²) in [6.07, 6.45) is 9.26. The standard InChI is InChI=1S/C43H65NO10S3Si/c1-32-26-37(53-20-11-23-56(6,47)48)27-33(2)43(32)40-13-10-12-39-38(40)18-19-41(39)54-36-16-14-34(15-17-36)35(28-42(45)46)29-57(49,50)44(30-51-21-24-55(3,4)5)31-52-22-25-58(7,8)9/h10,12-17,26-27,35,41H,11,18-25,28-31H2,1-9H3,(H,45,46)/t35?,41-/m1/s1. The first kappa shape index (κ1) is 47.8. The summed E-state index contributed by atoms with van der Waals surface area (Å²) in [6, 6.07) is 18.3. The number of ether oxygens (including phenoxy) is 4. The van der Waals surface area contributed by atoms with Crippen LogP contribution in [0.1, 0.15) is 59.1 Å². The third-order valence-corrected chi connectivity index (χ3v) is 16.0. The molecule has 0 bridgehead atoms. The van der Waals surface area contributed by atoms with Crippen LogP contribution in [0.3, 0.4) is 0 Å². The van der Waals surface area contributed by atoms with Crippen LogP contribution >= 0.6 is 10.0 Å². The van der Waals surface area contributed by atoms with Gasteiger partial charge in [0, 0.05) is 32.6 Å². The van der Waals surface area contributed by atoms with E-state index < -0.39 is 55.6 Å². The third-order valence-electron chi connectivity index (χ3n) is 10.1. The number of aryl methyl sites for hydroxylation is 2. The number of fused-ring (bicyclic) bond motifs is 1. The van der Waals surface area contributed by atoms with E-state index in [2.05, 4.69) is 64.4 Å². The smallest absolute Gasteiger partial charge is 0.303 e. The van der Waals surface area contributed by atoms with Crippen LogP contribution in [-0.2, 0) is 40.5 Å². The SMILES string of the molecule is Cc1cc(OCCCS(C)(=O)=O)cc(C)c1-c1cccc2c1CC[C@H]2Oc1ccc(C(CC(=O)O)CS(=O)(=O)N(COCC[Si](C)(C)C)COCCS(C)(C)C)cc1. The summed E-state index contributed by atoms with van der Waals surface area (Å²) >= 11 is 0. The number of sulfone groups is 1. The number of benzene rings is 3. The van der Waals surface area contributed by atoms with Crippen molar-refractivity contribution < 1.29 is 45.7 Å². The minimum absolute atomic E-state index is 0.0886. The Bertz CT molecular complexity index is 2020. The van der Waals surface area contributed by atoms with Crippen molar-refractivity contribution in [2.24, 2.45) is 0 Å². The molecule has 1 N–H and O–H groups in total. The largest absolute Gasteiger partial charge is 0.494 e. The van der Waals surface area contributed by atoms with Crippen LogP contribution in [0.2, 0.25) is 25.7 Å². The number of carbonyl (C=O) groups is 1. The van der Waals surface area contributed by atoms with E-state index in [0.29, 0.717) is 43.3 Å². The van der Waals surface area contributed by atoms with Gasteiger partial charge in [-0.15, -0.1) is 0 Å². The van der Waals surface area contributed by atoms with Crippen LogP contribution < -0.4 is 9.47 Å². The van der Waals surface area contributed by atoms with Gasteiger partial charge in [-0.3, -0.25) is 4.79 Å². The van der Waals surface area contributed by atoms with Gasteiger partial charge in [0.15, 0.2) is 0 Å². The van der Waals surface area contributed by atoms with Crippen LogP contribution in [0.15, 0.2) is 54.6 Å². The number of hydrogen-bond acceptors (Lipinski definition) is 9. The minimum atomic E-state index is -3.98. The van der Waals surface area contributed by atoms with Crippen molar-refractivity contribution in [3.8, 4) is 22.6 Å². The quantitative estimate of drug-likeness (QED) is 0.0534. The summed E-state index contributed by atoms with van der Waals surface area (Å²) in [5, 5.41) is 9.84. The average Bonchev–Trinajstić information content (AvgIpc) is 3.50. The summed E-state index contributed by atoms with van der Waals surface area (Å²) in [7, 11) is -9.23. The van der Waals surface area contributed by atoms with Gasteiger partial charge in [0.2, 0.25) is 10.0 Å². The van der Waals surface area contributed by atoms with Gasteiger partial charge in [0.05, 0.1) is 31.1 Å². The van der Waals surface area contributed by atoms with Gasteiger partial charge < -0.3 is 24.1 Å². The fraction of sp³-hybridized carbons (Fsp3) is 0.558. The molecule has 2 atom stereocenters. The van der Waals surface area contributed by atoms with Crippen LogP contribution in [0, 0.1) is 13.8 Å². The van der Waals surface area contributed by atoms with E-state index in [1.807, 2.05) is 18.2 Å². The molecule has 0 spiro atoms. The van der Waals surface area contributed by atoms with Gasteiger partial charge >= 0.3 is 5.97 Å². The molecule has 324 valence electrons. The summed E-state index contributed by atoms with van der Waals surface area (Å²) in [6.45, 7) is 11.7. The number of carboxylic acids is 1. The number of nitrogens with zero attached hydrogens (tertiary/aromatic N) is 1. The molecule has 0 saturated carbocycles. The number of sulfonamides is 1. The molecule has 11 nitrogen and oxygen atoms in total. The van der Waals surface area contributed by atoms with Crippen molar-refractivity contribution in [1.82, 2.24) is 4.31 Å². The molecular weight excluding hydrogens is 815 g/mol. The zero-order chi connectivity index (χ0) is 42.9. The molecule has 0 amide bonds. The Morgan fingerprint density at radius 1 is 0.862 bits per heavy atom. The molecule has 15 heteroatoms. The van der Waals surface area contributed by atoms with Crippen molar-refractivity contribution in [1.29, 1.82) is 0 Å². The van der Waals surface area contributed by atoms with Gasteiger partial charge in [-0.1, -0.05) is 50.0 Å². The molecule has 3 aromatic carbocycles. The second-order valence-electron chi connectivity index (χ2n) is 17.6. The van der Waals surface area contributed by atoms with E-state index in [1.165, 1.54) is 16.1 Å². The Kier molecular flexibility index (Phi) is 16.9. The Labute approximate surface area is 350 Å². The summed E-state index contributed by atoms with van der Waals surface area (Å²) in [5.74, 6) is -0.0369. The molecule has 1 unspecified atom stereocenters. The van der Waals surface area contributed by atoms with Crippen LogP contribution in [0.5, 0.6) is 11.5 Å². The first-order valence-electron chi connectivity index (χ1n) is 19.8. The first-order valence-corrected chi connectivity index (χ1v) is 30.2. The summed E-state index contributed by atoms with van der Waals surface area (Å²) in [4.78, 5) is 12.0. The summed E-state index contributed by atoms with van der Waals surface area (Å²) < 4.78 is 76.1. The lowest BCUT2D eigenvalue weighted by Crippen LogP contribution is -2.39. The highest BCUT2D eigenvalue weighted by Gasteiger charge is 2.31. The highest BCUT2D eigenvalue weighted by atomic mass is 32.3. The topological polar surface area (TPSA) is 146 Å². The number of hydrogen-bond donors (Lipinski definition) is 1. The highest BCUT2D eigenvalue weighted by Crippen LogP contribution is 2.43. The molecule has 0 fully saturated rings.